The van der Waals surface area contributed by atoms with Crippen molar-refractivity contribution in [2.75, 3.05) is 13.1 Å². The lowest BCUT2D eigenvalue weighted by atomic mass is 9.93. The van der Waals surface area contributed by atoms with Crippen molar-refractivity contribution in [3.8, 4) is 0 Å². The van der Waals surface area contributed by atoms with E-state index in [2.05, 4.69) is 30.6 Å². The molecule has 0 fully saturated rings. The van der Waals surface area contributed by atoms with Gasteiger partial charge in [0.25, 0.3) is 0 Å². The van der Waals surface area contributed by atoms with E-state index < -0.39 is 10.0 Å². The Morgan fingerprint density at radius 2 is 1.90 bits per heavy atom. The Balaban J connectivity index is 2.93. The molecule has 116 valence electrons. The SMILES string of the molecule is Cc1nn(CCN)c(C)c1S(=O)(=O)NCCC(C)(C)C. The zero-order valence-corrected chi connectivity index (χ0v) is 13.8. The lowest BCUT2D eigenvalue weighted by Gasteiger charge is -2.18. The second kappa shape index (κ2) is 6.24. The van der Waals surface area contributed by atoms with Crippen LogP contribution in [0.15, 0.2) is 4.90 Å². The molecule has 20 heavy (non-hydrogen) atoms. The molecule has 6 nitrogen and oxygen atoms in total. The number of hydrogen-bond acceptors (Lipinski definition) is 4. The Labute approximate surface area is 121 Å². The first kappa shape index (κ1) is 17.1. The normalized spacial score (nSPS) is 12.9. The van der Waals surface area contributed by atoms with Crippen LogP contribution in [0.1, 0.15) is 38.6 Å². The van der Waals surface area contributed by atoms with Gasteiger partial charge in [0.15, 0.2) is 0 Å². The van der Waals surface area contributed by atoms with Gasteiger partial charge in [0, 0.05) is 13.1 Å². The summed E-state index contributed by atoms with van der Waals surface area (Å²) >= 11 is 0. The molecule has 0 unspecified atom stereocenters. The second-order valence-corrected chi connectivity index (χ2v) is 7.92. The van der Waals surface area contributed by atoms with Gasteiger partial charge in [0.1, 0.15) is 4.90 Å². The molecule has 0 aromatic carbocycles. The number of nitrogens with zero attached hydrogens (tertiary/aromatic N) is 2. The summed E-state index contributed by atoms with van der Waals surface area (Å²) in [6, 6.07) is 0. The molecule has 1 heterocycles. The van der Waals surface area contributed by atoms with Crippen LogP contribution >= 0.6 is 0 Å². The summed E-state index contributed by atoms with van der Waals surface area (Å²) in [5.74, 6) is 0. The van der Waals surface area contributed by atoms with Crippen molar-refractivity contribution in [2.24, 2.45) is 11.1 Å². The van der Waals surface area contributed by atoms with E-state index in [1.807, 2.05) is 0 Å². The van der Waals surface area contributed by atoms with Crippen molar-refractivity contribution in [1.82, 2.24) is 14.5 Å². The van der Waals surface area contributed by atoms with Crippen molar-refractivity contribution in [2.45, 2.75) is 52.5 Å². The van der Waals surface area contributed by atoms with Crippen molar-refractivity contribution in [3.63, 3.8) is 0 Å². The largest absolute Gasteiger partial charge is 0.329 e. The van der Waals surface area contributed by atoms with E-state index in [0.717, 1.165) is 6.42 Å². The fraction of sp³-hybridized carbons (Fsp3) is 0.769. The Hall–Kier alpha value is -0.920. The predicted octanol–water partition coefficient (Wildman–Crippen LogP) is 1.17. The van der Waals surface area contributed by atoms with Crippen LogP contribution in [0.25, 0.3) is 0 Å². The van der Waals surface area contributed by atoms with E-state index in [0.29, 0.717) is 31.0 Å². The molecule has 3 N–H and O–H groups in total. The van der Waals surface area contributed by atoms with E-state index >= 15 is 0 Å². The monoisotopic (exact) mass is 302 g/mol. The van der Waals surface area contributed by atoms with Crippen molar-refractivity contribution in [3.05, 3.63) is 11.4 Å². The summed E-state index contributed by atoms with van der Waals surface area (Å²) < 4.78 is 29.1. The third kappa shape index (κ3) is 4.29. The standard InChI is InChI=1S/C13H26N4O2S/c1-10-12(11(2)17(16-10)9-7-14)20(18,19)15-8-6-13(3,4)5/h15H,6-9,14H2,1-5H3. The topological polar surface area (TPSA) is 90.0 Å². The Bertz CT molecular complexity index is 556. The molecule has 0 amide bonds. The summed E-state index contributed by atoms with van der Waals surface area (Å²) in [6.07, 6.45) is 0.779. The number of aryl methyl sites for hydroxylation is 1. The van der Waals surface area contributed by atoms with E-state index in [1.165, 1.54) is 0 Å². The van der Waals surface area contributed by atoms with Crippen molar-refractivity contribution < 1.29 is 8.42 Å². The number of rotatable bonds is 6. The third-order valence-corrected chi connectivity index (χ3v) is 4.80. The minimum absolute atomic E-state index is 0.0936. The highest BCUT2D eigenvalue weighted by atomic mass is 32.2. The van der Waals surface area contributed by atoms with Crippen LogP contribution in [-0.4, -0.2) is 31.3 Å². The van der Waals surface area contributed by atoms with Gasteiger partial charge in [-0.3, -0.25) is 4.68 Å². The van der Waals surface area contributed by atoms with Crippen LogP contribution in [0.3, 0.4) is 0 Å². The molecule has 7 heteroatoms. The first-order valence-corrected chi connectivity index (χ1v) is 8.30. The highest BCUT2D eigenvalue weighted by Gasteiger charge is 2.24. The smallest absolute Gasteiger partial charge is 0.244 e. The zero-order valence-electron chi connectivity index (χ0n) is 13.0. The maximum Gasteiger partial charge on any atom is 0.244 e. The van der Waals surface area contributed by atoms with Gasteiger partial charge in [-0.05, 0) is 25.7 Å². The van der Waals surface area contributed by atoms with Gasteiger partial charge >= 0.3 is 0 Å². The molecule has 1 aromatic heterocycles. The number of nitrogens with two attached hydrogens (primary N) is 1. The molecular weight excluding hydrogens is 276 g/mol. The molecule has 0 aliphatic carbocycles. The third-order valence-electron chi connectivity index (χ3n) is 3.09. The molecule has 0 atom stereocenters. The van der Waals surface area contributed by atoms with Crippen molar-refractivity contribution in [1.29, 1.82) is 0 Å². The highest BCUT2D eigenvalue weighted by molar-refractivity contribution is 7.89. The van der Waals surface area contributed by atoms with Crippen molar-refractivity contribution >= 4 is 10.0 Å². The van der Waals surface area contributed by atoms with Gasteiger partial charge in [-0.1, -0.05) is 20.8 Å². The minimum Gasteiger partial charge on any atom is -0.329 e. The Kier molecular flexibility index (Phi) is 5.34. The van der Waals surface area contributed by atoms with Gasteiger partial charge in [-0.2, -0.15) is 5.10 Å². The summed E-state index contributed by atoms with van der Waals surface area (Å²) in [4.78, 5) is 0.278. The van der Waals surface area contributed by atoms with E-state index in [4.69, 9.17) is 5.73 Å². The van der Waals surface area contributed by atoms with Gasteiger partial charge in [0.05, 0.1) is 17.9 Å². The molecule has 0 saturated carbocycles. The zero-order chi connectivity index (χ0) is 15.6. The molecule has 0 aliphatic rings. The minimum atomic E-state index is -3.52. The molecule has 0 bridgehead atoms. The van der Waals surface area contributed by atoms with Crippen LogP contribution in [0.5, 0.6) is 0 Å². The van der Waals surface area contributed by atoms with Crippen LogP contribution in [0.2, 0.25) is 0 Å². The quantitative estimate of drug-likeness (QED) is 0.825. The maximum atomic E-state index is 12.4. The van der Waals surface area contributed by atoms with Gasteiger partial charge < -0.3 is 5.73 Å². The Morgan fingerprint density at radius 3 is 2.40 bits per heavy atom. The van der Waals surface area contributed by atoms with E-state index in [-0.39, 0.29) is 10.3 Å². The van der Waals surface area contributed by atoms with Crippen LogP contribution in [-0.2, 0) is 16.6 Å². The molecule has 0 aliphatic heterocycles. The van der Waals surface area contributed by atoms with Gasteiger partial charge in [-0.25, -0.2) is 13.1 Å². The first-order chi connectivity index (χ1) is 9.08. The van der Waals surface area contributed by atoms with E-state index in [9.17, 15) is 8.42 Å². The molecule has 0 radical (unpaired) electrons. The lowest BCUT2D eigenvalue weighted by Crippen LogP contribution is -2.28. The van der Waals surface area contributed by atoms with Crippen LogP contribution < -0.4 is 10.5 Å². The molecule has 0 saturated heterocycles. The molecule has 1 rings (SSSR count). The summed E-state index contributed by atoms with van der Waals surface area (Å²) in [5.41, 5.74) is 6.74. The van der Waals surface area contributed by atoms with Gasteiger partial charge in [0.2, 0.25) is 10.0 Å². The maximum absolute atomic E-state index is 12.4. The predicted molar refractivity (Wildman–Crippen MR) is 80.0 cm³/mol. The summed E-state index contributed by atoms with van der Waals surface area (Å²) in [5, 5.41) is 4.24. The molecule has 1 aromatic rings. The summed E-state index contributed by atoms with van der Waals surface area (Å²) in [6.45, 7) is 11.1. The second-order valence-electron chi connectivity index (χ2n) is 6.22. The molecular formula is C13H26N4O2S. The van der Waals surface area contributed by atoms with Gasteiger partial charge in [-0.15, -0.1) is 0 Å². The van der Waals surface area contributed by atoms with Crippen LogP contribution in [0.4, 0.5) is 0 Å². The fourth-order valence-corrected chi connectivity index (χ4v) is 3.48. The Morgan fingerprint density at radius 1 is 1.30 bits per heavy atom. The average Bonchev–Trinajstić information content (AvgIpc) is 2.52. The number of nitrogens with one attached hydrogen (secondary N) is 1. The average molecular weight is 302 g/mol. The molecule has 0 spiro atoms. The summed E-state index contributed by atoms with van der Waals surface area (Å²) in [7, 11) is -3.52. The fourth-order valence-electron chi connectivity index (χ4n) is 2.04. The lowest BCUT2D eigenvalue weighted by molar-refractivity contribution is 0.378. The number of hydrogen-bond donors (Lipinski definition) is 2. The van der Waals surface area contributed by atoms with Crippen LogP contribution in [0, 0.1) is 19.3 Å². The van der Waals surface area contributed by atoms with E-state index in [1.54, 1.807) is 18.5 Å². The number of aromatic nitrogens is 2. The highest BCUT2D eigenvalue weighted by Crippen LogP contribution is 2.21. The first-order valence-electron chi connectivity index (χ1n) is 6.82. The number of sulfonamides is 1.